The predicted molar refractivity (Wildman–Crippen MR) is 113 cm³/mol. The second-order valence-electron chi connectivity index (χ2n) is 8.39. The molecule has 2 saturated heterocycles. The van der Waals surface area contributed by atoms with Crippen molar-refractivity contribution in [2.75, 3.05) is 43.5 Å². The molecule has 3 fully saturated rings. The first-order valence-electron chi connectivity index (χ1n) is 11.0. The number of hydrogen-bond donors (Lipinski definition) is 3. The third-order valence-electron chi connectivity index (χ3n) is 6.42. The molecule has 6 nitrogen and oxygen atoms in total. The van der Waals surface area contributed by atoms with Crippen LogP contribution < -0.4 is 16.0 Å². The van der Waals surface area contributed by atoms with Gasteiger partial charge in [-0.1, -0.05) is 19.3 Å². The number of carbonyl (C=O) groups is 1. The van der Waals surface area contributed by atoms with Gasteiger partial charge in [-0.2, -0.15) is 0 Å². The number of nitrogens with one attached hydrogen (secondary N) is 3. The number of likely N-dealkylation sites (tertiary alicyclic amines) is 1. The van der Waals surface area contributed by atoms with E-state index in [-0.39, 0.29) is 6.03 Å². The fourth-order valence-corrected chi connectivity index (χ4v) is 4.85. The number of hydrogen-bond acceptors (Lipinski definition) is 4. The molecular weight excluding hydrogens is 352 g/mol. The summed E-state index contributed by atoms with van der Waals surface area (Å²) in [7, 11) is 0. The summed E-state index contributed by atoms with van der Waals surface area (Å²) in [4.78, 5) is 14.4. The van der Waals surface area contributed by atoms with Gasteiger partial charge in [-0.3, -0.25) is 0 Å². The number of urea groups is 1. The average Bonchev–Trinajstić information content (AvgIpc) is 3.01. The third-order valence-corrected chi connectivity index (χ3v) is 6.42. The highest BCUT2D eigenvalue weighted by Crippen LogP contribution is 2.32. The lowest BCUT2D eigenvalue weighted by Crippen LogP contribution is -2.49. The predicted octanol–water partition coefficient (Wildman–Crippen LogP) is 3.66. The number of morpholine rings is 1. The fourth-order valence-electron chi connectivity index (χ4n) is 4.85. The summed E-state index contributed by atoms with van der Waals surface area (Å²) >= 11 is 0. The van der Waals surface area contributed by atoms with Crippen molar-refractivity contribution in [2.45, 2.75) is 57.0 Å². The van der Waals surface area contributed by atoms with Gasteiger partial charge >= 0.3 is 6.03 Å². The molecule has 0 radical (unpaired) electrons. The summed E-state index contributed by atoms with van der Waals surface area (Å²) in [5, 5.41) is 10.4. The van der Waals surface area contributed by atoms with Gasteiger partial charge in [-0.15, -0.1) is 0 Å². The van der Waals surface area contributed by atoms with Gasteiger partial charge in [-0.05, 0) is 55.9 Å². The minimum atomic E-state index is 0.0295. The van der Waals surface area contributed by atoms with E-state index in [2.05, 4.69) is 28.1 Å². The Morgan fingerprint density at radius 2 is 1.75 bits per heavy atom. The van der Waals surface area contributed by atoms with Crippen LogP contribution >= 0.6 is 0 Å². The lowest BCUT2D eigenvalue weighted by molar-refractivity contribution is 0.0559. The molecule has 1 aromatic rings. The minimum Gasteiger partial charge on any atom is -0.382 e. The number of carbonyl (C=O) groups excluding carboxylic acids is 1. The fraction of sp³-hybridized carbons (Fsp3) is 0.682. The maximum absolute atomic E-state index is 12.5. The highest BCUT2D eigenvalue weighted by atomic mass is 16.5. The summed E-state index contributed by atoms with van der Waals surface area (Å²) in [6, 6.07) is 9.14. The number of amides is 2. The van der Waals surface area contributed by atoms with Gasteiger partial charge in [0, 0.05) is 43.1 Å². The average molecular weight is 387 g/mol. The molecule has 0 aromatic heterocycles. The molecule has 0 bridgehead atoms. The normalized spacial score (nSPS) is 28.6. The second kappa shape index (κ2) is 9.61. The Morgan fingerprint density at radius 1 is 1.00 bits per heavy atom. The number of anilines is 2. The first-order valence-corrected chi connectivity index (χ1v) is 11.0. The van der Waals surface area contributed by atoms with Gasteiger partial charge in [0.2, 0.25) is 0 Å². The molecule has 4 rings (SSSR count). The van der Waals surface area contributed by atoms with Gasteiger partial charge in [0.05, 0.1) is 13.2 Å². The van der Waals surface area contributed by atoms with Gasteiger partial charge < -0.3 is 25.6 Å². The monoisotopic (exact) mass is 386 g/mol. The van der Waals surface area contributed by atoms with Crippen molar-refractivity contribution in [1.82, 2.24) is 10.2 Å². The van der Waals surface area contributed by atoms with Crippen LogP contribution in [0, 0.1) is 5.92 Å². The Morgan fingerprint density at radius 3 is 2.46 bits per heavy atom. The lowest BCUT2D eigenvalue weighted by atomic mass is 9.94. The van der Waals surface area contributed by atoms with E-state index in [0.29, 0.717) is 18.0 Å². The minimum absolute atomic E-state index is 0.0295. The zero-order chi connectivity index (χ0) is 19.2. The van der Waals surface area contributed by atoms with E-state index in [0.717, 1.165) is 57.1 Å². The Bertz CT molecular complexity index is 622. The summed E-state index contributed by atoms with van der Waals surface area (Å²) in [5.41, 5.74) is 1.99. The molecule has 1 aliphatic carbocycles. The Hall–Kier alpha value is -1.79. The van der Waals surface area contributed by atoms with Gasteiger partial charge in [0.15, 0.2) is 0 Å². The van der Waals surface area contributed by atoms with E-state index in [9.17, 15) is 4.79 Å². The Kier molecular flexibility index (Phi) is 6.70. The number of rotatable bonds is 4. The second-order valence-corrected chi connectivity index (χ2v) is 8.39. The molecule has 2 amide bonds. The summed E-state index contributed by atoms with van der Waals surface area (Å²) in [6.07, 6.45) is 8.41. The van der Waals surface area contributed by atoms with Crippen LogP contribution in [0.25, 0.3) is 0 Å². The molecule has 28 heavy (non-hydrogen) atoms. The van der Waals surface area contributed by atoms with Crippen molar-refractivity contribution in [3.05, 3.63) is 24.3 Å². The van der Waals surface area contributed by atoms with Gasteiger partial charge in [0.1, 0.15) is 0 Å². The molecular formula is C22H34N4O2. The van der Waals surface area contributed by atoms with Crippen LogP contribution in [0.5, 0.6) is 0 Å². The molecule has 3 atom stereocenters. The Labute approximate surface area is 168 Å². The van der Waals surface area contributed by atoms with E-state index in [1.54, 1.807) is 0 Å². The van der Waals surface area contributed by atoms with Crippen LogP contribution in [0.4, 0.5) is 16.2 Å². The zero-order valence-electron chi connectivity index (χ0n) is 16.8. The van der Waals surface area contributed by atoms with Crippen LogP contribution in [0.3, 0.4) is 0 Å². The van der Waals surface area contributed by atoms with Crippen molar-refractivity contribution in [3.63, 3.8) is 0 Å². The number of nitrogens with zero attached hydrogens (tertiary/aromatic N) is 1. The van der Waals surface area contributed by atoms with Crippen LogP contribution in [-0.4, -0.2) is 55.9 Å². The van der Waals surface area contributed by atoms with Crippen LogP contribution in [0.1, 0.15) is 44.9 Å². The quantitative estimate of drug-likeness (QED) is 0.739. The molecule has 1 aromatic carbocycles. The van der Waals surface area contributed by atoms with E-state index < -0.39 is 0 Å². The molecule has 3 aliphatic rings. The van der Waals surface area contributed by atoms with Crippen molar-refractivity contribution < 1.29 is 9.53 Å². The molecule has 2 heterocycles. The summed E-state index contributed by atoms with van der Waals surface area (Å²) in [6.45, 7) is 4.34. The first-order chi connectivity index (χ1) is 13.8. The maximum Gasteiger partial charge on any atom is 0.321 e. The maximum atomic E-state index is 12.5. The molecule has 3 N–H and O–H groups in total. The summed E-state index contributed by atoms with van der Waals surface area (Å²) < 4.78 is 5.67. The van der Waals surface area contributed by atoms with Crippen molar-refractivity contribution in [3.8, 4) is 0 Å². The molecule has 3 unspecified atom stereocenters. The van der Waals surface area contributed by atoms with E-state index in [1.165, 1.54) is 32.1 Å². The molecule has 154 valence electrons. The third kappa shape index (κ3) is 4.97. The first kappa shape index (κ1) is 19.5. The van der Waals surface area contributed by atoms with E-state index >= 15 is 0 Å². The van der Waals surface area contributed by atoms with E-state index in [4.69, 9.17) is 4.74 Å². The highest BCUT2D eigenvalue weighted by molar-refractivity contribution is 5.89. The smallest absolute Gasteiger partial charge is 0.321 e. The molecule has 0 spiro atoms. The van der Waals surface area contributed by atoms with Gasteiger partial charge in [0.25, 0.3) is 0 Å². The van der Waals surface area contributed by atoms with Crippen LogP contribution in [-0.2, 0) is 4.74 Å². The van der Waals surface area contributed by atoms with Gasteiger partial charge in [-0.25, -0.2) is 4.79 Å². The topological polar surface area (TPSA) is 65.6 Å². The standard InChI is InChI=1S/C22H34N4O2/c27-22(26-13-3-1-2-4-14-26)25-18-10-8-17(9-11-18)24-20-7-5-6-19(20)21-16-28-15-12-23-21/h8-11,19-21,23-24H,1-7,12-16H2,(H,25,27). The molecule has 2 aliphatic heterocycles. The molecule has 1 saturated carbocycles. The van der Waals surface area contributed by atoms with Crippen LogP contribution in [0.15, 0.2) is 24.3 Å². The lowest BCUT2D eigenvalue weighted by Gasteiger charge is -2.33. The largest absolute Gasteiger partial charge is 0.382 e. The number of benzene rings is 1. The Balaban J connectivity index is 1.30. The highest BCUT2D eigenvalue weighted by Gasteiger charge is 2.34. The SMILES string of the molecule is O=C(Nc1ccc(NC2CCCC2C2COCCN2)cc1)N1CCCCCC1. The van der Waals surface area contributed by atoms with Crippen molar-refractivity contribution in [1.29, 1.82) is 0 Å². The van der Waals surface area contributed by atoms with Crippen molar-refractivity contribution in [2.24, 2.45) is 5.92 Å². The van der Waals surface area contributed by atoms with E-state index in [1.807, 2.05) is 17.0 Å². The number of ether oxygens (including phenoxy) is 1. The summed E-state index contributed by atoms with van der Waals surface area (Å²) in [5.74, 6) is 0.614. The van der Waals surface area contributed by atoms with Crippen LogP contribution in [0.2, 0.25) is 0 Å². The molecule has 6 heteroatoms. The zero-order valence-corrected chi connectivity index (χ0v) is 16.8. The van der Waals surface area contributed by atoms with Crippen molar-refractivity contribution >= 4 is 17.4 Å².